The summed E-state index contributed by atoms with van der Waals surface area (Å²) < 4.78 is 2.19. The molecule has 3 rings (SSSR count). The summed E-state index contributed by atoms with van der Waals surface area (Å²) in [5.74, 6) is 0.254. The molecule has 0 saturated carbocycles. The highest BCUT2D eigenvalue weighted by Gasteiger charge is 2.23. The molecule has 3 aromatic rings. The van der Waals surface area contributed by atoms with Gasteiger partial charge in [-0.05, 0) is 18.1 Å². The standard InChI is InChI=1S/C20H21NO/c1-3-9-16(15-10-5-4-6-11-15)20-18(14-22)17-12-7-8-13-19(17)21(20)2/h4-8,10-14,16H,3,9H2,1-2H3/t16-/m0/s1. The number of rotatable bonds is 5. The fourth-order valence-electron chi connectivity index (χ4n) is 3.42. The number of aryl methyl sites for hydroxylation is 1. The molecule has 1 aromatic heterocycles. The molecule has 2 heteroatoms. The van der Waals surface area contributed by atoms with Crippen molar-refractivity contribution in [3.05, 3.63) is 71.4 Å². The summed E-state index contributed by atoms with van der Waals surface area (Å²) in [6.45, 7) is 2.19. The molecule has 0 bridgehead atoms. The Balaban J connectivity index is 2.26. The minimum Gasteiger partial charge on any atom is -0.346 e. The van der Waals surface area contributed by atoms with Crippen LogP contribution >= 0.6 is 0 Å². The van der Waals surface area contributed by atoms with Crippen LogP contribution in [-0.2, 0) is 7.05 Å². The molecular weight excluding hydrogens is 270 g/mol. The maximum atomic E-state index is 11.8. The van der Waals surface area contributed by atoms with Crippen LogP contribution in [0.5, 0.6) is 0 Å². The minimum atomic E-state index is 0.254. The Morgan fingerprint density at radius 3 is 2.41 bits per heavy atom. The van der Waals surface area contributed by atoms with Crippen LogP contribution in [0.4, 0.5) is 0 Å². The molecule has 2 nitrogen and oxygen atoms in total. The summed E-state index contributed by atoms with van der Waals surface area (Å²) in [4.78, 5) is 11.8. The average Bonchev–Trinajstić information content (AvgIpc) is 2.86. The summed E-state index contributed by atoms with van der Waals surface area (Å²) in [7, 11) is 2.07. The van der Waals surface area contributed by atoms with Crippen molar-refractivity contribution in [2.75, 3.05) is 0 Å². The van der Waals surface area contributed by atoms with Gasteiger partial charge >= 0.3 is 0 Å². The highest BCUT2D eigenvalue weighted by molar-refractivity contribution is 5.99. The Morgan fingerprint density at radius 2 is 1.73 bits per heavy atom. The van der Waals surface area contributed by atoms with Crippen LogP contribution in [0.25, 0.3) is 10.9 Å². The molecule has 0 radical (unpaired) electrons. The quantitative estimate of drug-likeness (QED) is 0.611. The molecule has 0 amide bonds. The molecule has 0 N–H and O–H groups in total. The fourth-order valence-corrected chi connectivity index (χ4v) is 3.42. The van der Waals surface area contributed by atoms with Crippen molar-refractivity contribution in [3.8, 4) is 0 Å². The van der Waals surface area contributed by atoms with E-state index in [1.165, 1.54) is 5.56 Å². The zero-order valence-corrected chi connectivity index (χ0v) is 13.1. The van der Waals surface area contributed by atoms with Gasteiger partial charge in [0, 0.05) is 35.1 Å². The van der Waals surface area contributed by atoms with E-state index in [1.807, 2.05) is 24.3 Å². The number of carbonyl (C=O) groups excluding carboxylic acids is 1. The van der Waals surface area contributed by atoms with E-state index in [0.29, 0.717) is 0 Å². The number of carbonyl (C=O) groups is 1. The van der Waals surface area contributed by atoms with Crippen molar-refractivity contribution in [1.29, 1.82) is 0 Å². The van der Waals surface area contributed by atoms with Gasteiger partial charge in [-0.2, -0.15) is 0 Å². The predicted molar refractivity (Wildman–Crippen MR) is 91.5 cm³/mol. The molecule has 1 atom stereocenters. The molecule has 0 aliphatic rings. The second kappa shape index (κ2) is 6.18. The zero-order chi connectivity index (χ0) is 15.5. The summed E-state index contributed by atoms with van der Waals surface area (Å²) in [6.07, 6.45) is 3.14. The van der Waals surface area contributed by atoms with E-state index in [1.54, 1.807) is 0 Å². The summed E-state index contributed by atoms with van der Waals surface area (Å²) in [6, 6.07) is 18.6. The maximum absolute atomic E-state index is 11.8. The number of aromatic nitrogens is 1. The first kappa shape index (κ1) is 14.6. The molecule has 0 aliphatic heterocycles. The Bertz CT molecular complexity index is 786. The lowest BCUT2D eigenvalue weighted by Crippen LogP contribution is -2.08. The van der Waals surface area contributed by atoms with E-state index in [2.05, 4.69) is 48.9 Å². The maximum Gasteiger partial charge on any atom is 0.152 e. The van der Waals surface area contributed by atoms with Gasteiger partial charge in [0.25, 0.3) is 0 Å². The SMILES string of the molecule is CCC[C@@H](c1ccccc1)c1c(C=O)c2ccccc2n1C. The van der Waals surface area contributed by atoms with Crippen molar-refractivity contribution in [2.24, 2.45) is 7.05 Å². The van der Waals surface area contributed by atoms with Gasteiger partial charge in [-0.1, -0.05) is 61.9 Å². The van der Waals surface area contributed by atoms with Crippen LogP contribution in [0, 0.1) is 0 Å². The van der Waals surface area contributed by atoms with Crippen molar-refractivity contribution >= 4 is 17.2 Å². The number of hydrogen-bond acceptors (Lipinski definition) is 1. The van der Waals surface area contributed by atoms with Crippen molar-refractivity contribution in [2.45, 2.75) is 25.7 Å². The Labute approximate surface area is 131 Å². The first-order valence-corrected chi connectivity index (χ1v) is 7.85. The highest BCUT2D eigenvalue weighted by Crippen LogP contribution is 2.35. The first-order chi connectivity index (χ1) is 10.8. The van der Waals surface area contributed by atoms with Gasteiger partial charge in [0.1, 0.15) is 0 Å². The molecule has 0 aliphatic carbocycles. The van der Waals surface area contributed by atoms with E-state index in [4.69, 9.17) is 0 Å². The van der Waals surface area contributed by atoms with Gasteiger partial charge in [0.05, 0.1) is 0 Å². The zero-order valence-electron chi connectivity index (χ0n) is 13.1. The lowest BCUT2D eigenvalue weighted by atomic mass is 9.89. The Hall–Kier alpha value is -2.35. The number of aldehydes is 1. The van der Waals surface area contributed by atoms with Gasteiger partial charge in [-0.25, -0.2) is 0 Å². The lowest BCUT2D eigenvalue weighted by Gasteiger charge is -2.19. The molecular formula is C20H21NO. The highest BCUT2D eigenvalue weighted by atomic mass is 16.1. The molecule has 0 unspecified atom stereocenters. The third-order valence-corrected chi connectivity index (χ3v) is 4.42. The number of hydrogen-bond donors (Lipinski definition) is 0. The van der Waals surface area contributed by atoms with E-state index in [0.717, 1.165) is 41.3 Å². The lowest BCUT2D eigenvalue weighted by molar-refractivity contribution is 0.112. The minimum absolute atomic E-state index is 0.254. The fraction of sp³-hybridized carbons (Fsp3) is 0.250. The van der Waals surface area contributed by atoms with Crippen LogP contribution in [0.15, 0.2) is 54.6 Å². The Morgan fingerprint density at radius 1 is 1.05 bits per heavy atom. The van der Waals surface area contributed by atoms with Crippen LogP contribution in [-0.4, -0.2) is 10.9 Å². The number of para-hydroxylation sites is 1. The van der Waals surface area contributed by atoms with Gasteiger partial charge in [0.2, 0.25) is 0 Å². The normalized spacial score (nSPS) is 12.5. The third kappa shape index (κ3) is 2.35. The van der Waals surface area contributed by atoms with Crippen molar-refractivity contribution < 1.29 is 4.79 Å². The number of fused-ring (bicyclic) bond motifs is 1. The first-order valence-electron chi connectivity index (χ1n) is 7.85. The van der Waals surface area contributed by atoms with Crippen molar-refractivity contribution in [3.63, 3.8) is 0 Å². The van der Waals surface area contributed by atoms with E-state index in [9.17, 15) is 4.79 Å². The third-order valence-electron chi connectivity index (χ3n) is 4.42. The summed E-state index contributed by atoms with van der Waals surface area (Å²) >= 11 is 0. The van der Waals surface area contributed by atoms with E-state index >= 15 is 0 Å². The smallest absolute Gasteiger partial charge is 0.152 e. The van der Waals surface area contributed by atoms with Crippen LogP contribution in [0.3, 0.4) is 0 Å². The largest absolute Gasteiger partial charge is 0.346 e. The van der Waals surface area contributed by atoms with Gasteiger partial charge in [-0.15, -0.1) is 0 Å². The molecule has 0 spiro atoms. The van der Waals surface area contributed by atoms with Gasteiger partial charge in [-0.3, -0.25) is 4.79 Å². The van der Waals surface area contributed by atoms with Crippen LogP contribution in [0.2, 0.25) is 0 Å². The predicted octanol–water partition coefficient (Wildman–Crippen LogP) is 4.92. The molecule has 0 saturated heterocycles. The van der Waals surface area contributed by atoms with Crippen LogP contribution in [0.1, 0.15) is 47.3 Å². The number of benzene rings is 2. The molecule has 112 valence electrons. The average molecular weight is 291 g/mol. The molecule has 1 heterocycles. The molecule has 0 fully saturated rings. The Kier molecular flexibility index (Phi) is 4.10. The monoisotopic (exact) mass is 291 g/mol. The van der Waals surface area contributed by atoms with E-state index in [-0.39, 0.29) is 5.92 Å². The number of nitrogens with zero attached hydrogens (tertiary/aromatic N) is 1. The second-order valence-electron chi connectivity index (χ2n) is 5.74. The van der Waals surface area contributed by atoms with Crippen LogP contribution < -0.4 is 0 Å². The van der Waals surface area contributed by atoms with Gasteiger partial charge < -0.3 is 4.57 Å². The second-order valence-corrected chi connectivity index (χ2v) is 5.74. The van der Waals surface area contributed by atoms with E-state index < -0.39 is 0 Å². The van der Waals surface area contributed by atoms with Crippen molar-refractivity contribution in [1.82, 2.24) is 4.57 Å². The molecule has 22 heavy (non-hydrogen) atoms. The molecule has 2 aromatic carbocycles. The summed E-state index contributed by atoms with van der Waals surface area (Å²) in [5.41, 5.74) is 4.36. The van der Waals surface area contributed by atoms with Gasteiger partial charge in [0.15, 0.2) is 6.29 Å². The topological polar surface area (TPSA) is 22.0 Å². The summed E-state index contributed by atoms with van der Waals surface area (Å²) in [5, 5.41) is 1.05.